The molecule has 0 aliphatic carbocycles. The molecule has 28 heavy (non-hydrogen) atoms. The minimum atomic E-state index is 0.00386. The van der Waals surface area contributed by atoms with E-state index in [0.29, 0.717) is 19.0 Å². The highest BCUT2D eigenvalue weighted by atomic mass is 16.5. The lowest BCUT2D eigenvalue weighted by molar-refractivity contribution is 0.254. The van der Waals surface area contributed by atoms with Crippen molar-refractivity contribution in [3.8, 4) is 11.5 Å². The van der Waals surface area contributed by atoms with E-state index in [9.17, 15) is 5.11 Å². The summed E-state index contributed by atoms with van der Waals surface area (Å²) in [6.07, 6.45) is 1.11. The van der Waals surface area contributed by atoms with Crippen molar-refractivity contribution in [2.24, 2.45) is 4.99 Å². The minimum Gasteiger partial charge on any atom is -0.496 e. The summed E-state index contributed by atoms with van der Waals surface area (Å²) in [5, 5.41) is 16.3. The van der Waals surface area contributed by atoms with Crippen LogP contribution in [0, 0.1) is 0 Å². The van der Waals surface area contributed by atoms with Gasteiger partial charge in [-0.3, -0.25) is 4.99 Å². The molecule has 0 saturated carbocycles. The van der Waals surface area contributed by atoms with Gasteiger partial charge in [-0.25, -0.2) is 0 Å². The molecule has 2 aromatic rings. The zero-order valence-electron chi connectivity index (χ0n) is 16.7. The fourth-order valence-corrected chi connectivity index (χ4v) is 3.44. The van der Waals surface area contributed by atoms with Crippen LogP contribution in [0.2, 0.25) is 0 Å². The predicted molar refractivity (Wildman–Crippen MR) is 111 cm³/mol. The van der Waals surface area contributed by atoms with Gasteiger partial charge in [-0.1, -0.05) is 30.3 Å². The monoisotopic (exact) mass is 383 g/mol. The number of ether oxygens (including phenoxy) is 2. The Kier molecular flexibility index (Phi) is 6.76. The van der Waals surface area contributed by atoms with Crippen molar-refractivity contribution in [2.75, 3.05) is 27.3 Å². The van der Waals surface area contributed by atoms with E-state index in [-0.39, 0.29) is 18.6 Å². The molecule has 2 aromatic carbocycles. The maximum Gasteiger partial charge on any atom is 0.191 e. The summed E-state index contributed by atoms with van der Waals surface area (Å²) < 4.78 is 11.4. The molecular weight excluding hydrogens is 354 g/mol. The van der Waals surface area contributed by atoms with Crippen LogP contribution in [0.4, 0.5) is 0 Å². The molecule has 0 fully saturated rings. The first-order chi connectivity index (χ1) is 13.6. The summed E-state index contributed by atoms with van der Waals surface area (Å²) in [7, 11) is 3.42. The zero-order valence-corrected chi connectivity index (χ0v) is 16.7. The quantitative estimate of drug-likeness (QED) is 0.506. The van der Waals surface area contributed by atoms with Crippen LogP contribution in [0.3, 0.4) is 0 Å². The van der Waals surface area contributed by atoms with Crippen molar-refractivity contribution in [3.05, 3.63) is 59.2 Å². The molecule has 150 valence electrons. The van der Waals surface area contributed by atoms with E-state index >= 15 is 0 Å². The number of rotatable bonds is 7. The number of methoxy groups -OCH3 is 1. The first-order valence-electron chi connectivity index (χ1n) is 9.61. The van der Waals surface area contributed by atoms with Gasteiger partial charge in [0.15, 0.2) is 5.96 Å². The fraction of sp³-hybridized carbons (Fsp3) is 0.409. The van der Waals surface area contributed by atoms with Gasteiger partial charge in [-0.05, 0) is 24.6 Å². The van der Waals surface area contributed by atoms with Crippen LogP contribution in [-0.4, -0.2) is 44.5 Å². The fourth-order valence-electron chi connectivity index (χ4n) is 3.44. The van der Waals surface area contributed by atoms with Gasteiger partial charge < -0.3 is 25.2 Å². The topological polar surface area (TPSA) is 75.1 Å². The number of hydrogen-bond donors (Lipinski definition) is 3. The lowest BCUT2D eigenvalue weighted by Gasteiger charge is -2.19. The zero-order chi connectivity index (χ0) is 19.9. The molecule has 0 bridgehead atoms. The molecule has 6 heteroatoms. The number of aliphatic imine (C=N–C) groups is 1. The van der Waals surface area contributed by atoms with E-state index in [0.717, 1.165) is 29.0 Å². The molecule has 3 N–H and O–H groups in total. The third-order valence-electron chi connectivity index (χ3n) is 4.98. The van der Waals surface area contributed by atoms with Gasteiger partial charge in [0.25, 0.3) is 0 Å². The van der Waals surface area contributed by atoms with E-state index in [2.05, 4.69) is 28.6 Å². The molecule has 1 aliphatic rings. The molecule has 3 rings (SSSR count). The molecule has 2 atom stereocenters. The summed E-state index contributed by atoms with van der Waals surface area (Å²) in [6, 6.07) is 14.1. The number of aliphatic hydroxyl groups is 1. The average molecular weight is 383 g/mol. The highest BCUT2D eigenvalue weighted by Gasteiger charge is 2.21. The maximum absolute atomic E-state index is 9.72. The van der Waals surface area contributed by atoms with Gasteiger partial charge in [0.2, 0.25) is 0 Å². The van der Waals surface area contributed by atoms with Gasteiger partial charge in [0.1, 0.15) is 17.6 Å². The Morgan fingerprint density at radius 2 is 2.07 bits per heavy atom. The Labute approximate surface area is 166 Å². The molecule has 0 spiro atoms. The van der Waals surface area contributed by atoms with Crippen LogP contribution in [0.15, 0.2) is 47.5 Å². The van der Waals surface area contributed by atoms with E-state index in [1.165, 1.54) is 5.56 Å². The number of nitrogens with zero attached hydrogens (tertiary/aromatic N) is 1. The van der Waals surface area contributed by atoms with Gasteiger partial charge in [-0.15, -0.1) is 0 Å². The third-order valence-corrected chi connectivity index (χ3v) is 4.98. The minimum absolute atomic E-state index is 0.00386. The standard InChI is InChI=1S/C22H29N3O3/c1-15-9-17-10-20(27-3)18(11-21(17)28-15)12-24-22(23-2)25-13-19(14-26)16-7-5-4-6-8-16/h4-8,10-11,15,19,26H,9,12-14H2,1-3H3,(H2,23,24,25). The number of hydrogen-bond acceptors (Lipinski definition) is 4. The second-order valence-electron chi connectivity index (χ2n) is 7.00. The van der Waals surface area contributed by atoms with Crippen molar-refractivity contribution in [3.63, 3.8) is 0 Å². The smallest absolute Gasteiger partial charge is 0.191 e. The molecule has 6 nitrogen and oxygen atoms in total. The Bertz CT molecular complexity index is 808. The summed E-state index contributed by atoms with van der Waals surface area (Å²) in [5.74, 6) is 2.45. The molecular formula is C22H29N3O3. The first-order valence-corrected chi connectivity index (χ1v) is 9.61. The molecule has 1 aliphatic heterocycles. The summed E-state index contributed by atoms with van der Waals surface area (Å²) >= 11 is 0. The van der Waals surface area contributed by atoms with Crippen LogP contribution in [0.25, 0.3) is 0 Å². The molecule has 1 heterocycles. The largest absolute Gasteiger partial charge is 0.496 e. The number of aliphatic hydroxyl groups excluding tert-OH is 1. The van der Waals surface area contributed by atoms with Crippen molar-refractivity contribution in [1.29, 1.82) is 0 Å². The molecule has 0 saturated heterocycles. The van der Waals surface area contributed by atoms with Crippen LogP contribution in [0.5, 0.6) is 11.5 Å². The van der Waals surface area contributed by atoms with Crippen LogP contribution < -0.4 is 20.1 Å². The first kappa shape index (κ1) is 20.0. The van der Waals surface area contributed by atoms with Crippen molar-refractivity contribution in [1.82, 2.24) is 10.6 Å². The Morgan fingerprint density at radius 3 is 2.75 bits per heavy atom. The third kappa shape index (κ3) is 4.75. The summed E-state index contributed by atoms with van der Waals surface area (Å²) in [5.41, 5.74) is 3.30. The highest BCUT2D eigenvalue weighted by Crippen LogP contribution is 2.34. The molecule has 2 unspecified atom stereocenters. The van der Waals surface area contributed by atoms with Crippen molar-refractivity contribution >= 4 is 5.96 Å². The van der Waals surface area contributed by atoms with Gasteiger partial charge in [-0.2, -0.15) is 0 Å². The van der Waals surface area contributed by atoms with E-state index in [1.54, 1.807) is 14.2 Å². The average Bonchev–Trinajstić information content (AvgIpc) is 3.09. The molecule has 0 radical (unpaired) electrons. The highest BCUT2D eigenvalue weighted by molar-refractivity contribution is 5.79. The predicted octanol–water partition coefficient (Wildman–Crippen LogP) is 2.46. The maximum atomic E-state index is 9.72. The lowest BCUT2D eigenvalue weighted by atomic mass is 10.0. The SMILES string of the molecule is CN=C(NCc1cc2c(cc1OC)CC(C)O2)NCC(CO)c1ccccc1. The lowest BCUT2D eigenvalue weighted by Crippen LogP contribution is -2.39. The van der Waals surface area contributed by atoms with E-state index in [1.807, 2.05) is 36.4 Å². The van der Waals surface area contributed by atoms with Crippen LogP contribution >= 0.6 is 0 Å². The Morgan fingerprint density at radius 1 is 1.29 bits per heavy atom. The summed E-state index contributed by atoms with van der Waals surface area (Å²) in [4.78, 5) is 4.28. The number of fused-ring (bicyclic) bond motifs is 1. The van der Waals surface area contributed by atoms with Gasteiger partial charge >= 0.3 is 0 Å². The number of benzene rings is 2. The van der Waals surface area contributed by atoms with Gasteiger partial charge in [0, 0.05) is 43.6 Å². The Hall–Kier alpha value is -2.73. The summed E-state index contributed by atoms with van der Waals surface area (Å²) in [6.45, 7) is 3.29. The number of guanidine groups is 1. The van der Waals surface area contributed by atoms with Crippen LogP contribution in [0.1, 0.15) is 29.5 Å². The van der Waals surface area contributed by atoms with E-state index in [4.69, 9.17) is 9.47 Å². The van der Waals surface area contributed by atoms with Gasteiger partial charge in [0.05, 0.1) is 13.7 Å². The van der Waals surface area contributed by atoms with Crippen LogP contribution in [-0.2, 0) is 13.0 Å². The molecule has 0 amide bonds. The Balaban J connectivity index is 1.61. The second-order valence-corrected chi connectivity index (χ2v) is 7.00. The second kappa shape index (κ2) is 9.46. The normalized spacial score (nSPS) is 16.9. The van der Waals surface area contributed by atoms with Crippen molar-refractivity contribution < 1.29 is 14.6 Å². The van der Waals surface area contributed by atoms with Crippen molar-refractivity contribution in [2.45, 2.75) is 31.9 Å². The molecule has 0 aromatic heterocycles. The van der Waals surface area contributed by atoms with E-state index < -0.39 is 0 Å². The number of nitrogens with one attached hydrogen (secondary N) is 2.